The molecule has 18 heavy (non-hydrogen) atoms. The number of hydrogen-bond acceptors (Lipinski definition) is 3. The van der Waals surface area contributed by atoms with Crippen molar-refractivity contribution in [2.24, 2.45) is 0 Å². The first-order chi connectivity index (χ1) is 8.55. The fourth-order valence-electron chi connectivity index (χ4n) is 1.99. The predicted octanol–water partition coefficient (Wildman–Crippen LogP) is 2.68. The van der Waals surface area contributed by atoms with Crippen LogP contribution in [0.4, 0.5) is 5.69 Å². The monoisotopic (exact) mass is 267 g/mol. The minimum atomic E-state index is -2.70. The van der Waals surface area contributed by atoms with Crippen LogP contribution in [0.3, 0.4) is 0 Å². The minimum Gasteiger partial charge on any atom is -0.379 e. The zero-order valence-corrected chi connectivity index (χ0v) is 12.5. The highest BCUT2D eigenvalue weighted by Crippen LogP contribution is 2.23. The second-order valence-corrected chi connectivity index (χ2v) is 6.77. The molecule has 0 radical (unpaired) electrons. The molecule has 0 aliphatic heterocycles. The molecule has 0 bridgehead atoms. The molecular formula is C13H21NO3Si. The maximum atomic E-state index is 11.9. The van der Waals surface area contributed by atoms with Gasteiger partial charge >= 0.3 is 8.72 Å². The van der Waals surface area contributed by atoms with Gasteiger partial charge in [0.05, 0.1) is 0 Å². The zero-order chi connectivity index (χ0) is 13.6. The SMILES string of the molecule is CCO[Si](C)(OCC)N(C(C)=O)c1ccccc1. The van der Waals surface area contributed by atoms with Gasteiger partial charge in [-0.25, -0.2) is 0 Å². The van der Waals surface area contributed by atoms with Gasteiger partial charge in [0.1, 0.15) is 0 Å². The highest BCUT2D eigenvalue weighted by Gasteiger charge is 2.42. The van der Waals surface area contributed by atoms with Crippen LogP contribution in [0, 0.1) is 0 Å². The molecule has 0 saturated heterocycles. The minimum absolute atomic E-state index is 0.0581. The molecule has 0 atom stereocenters. The Hall–Kier alpha value is -1.17. The first kappa shape index (κ1) is 14.9. The zero-order valence-electron chi connectivity index (χ0n) is 11.5. The van der Waals surface area contributed by atoms with Crippen LogP contribution in [0.2, 0.25) is 6.55 Å². The van der Waals surface area contributed by atoms with Gasteiger partial charge in [-0.05, 0) is 26.0 Å². The largest absolute Gasteiger partial charge is 0.463 e. The highest BCUT2D eigenvalue weighted by atomic mass is 28.4. The lowest BCUT2D eigenvalue weighted by Gasteiger charge is -2.36. The van der Waals surface area contributed by atoms with Gasteiger partial charge in [-0.1, -0.05) is 18.2 Å². The van der Waals surface area contributed by atoms with E-state index in [0.717, 1.165) is 5.69 Å². The first-order valence-corrected chi connectivity index (χ1v) is 8.45. The van der Waals surface area contributed by atoms with Gasteiger partial charge in [-0.15, -0.1) is 0 Å². The number of hydrogen-bond donors (Lipinski definition) is 0. The lowest BCUT2D eigenvalue weighted by atomic mass is 10.3. The van der Waals surface area contributed by atoms with E-state index in [2.05, 4.69) is 0 Å². The summed E-state index contributed by atoms with van der Waals surface area (Å²) in [5.74, 6) is -0.0581. The summed E-state index contributed by atoms with van der Waals surface area (Å²) >= 11 is 0. The van der Waals surface area contributed by atoms with E-state index in [9.17, 15) is 4.79 Å². The fraction of sp³-hybridized carbons (Fsp3) is 0.462. The Morgan fingerprint density at radius 1 is 1.17 bits per heavy atom. The molecule has 0 aromatic heterocycles. The topological polar surface area (TPSA) is 38.8 Å². The van der Waals surface area contributed by atoms with Crippen molar-refractivity contribution in [3.63, 3.8) is 0 Å². The maximum absolute atomic E-state index is 11.9. The molecule has 5 heteroatoms. The number of rotatable bonds is 6. The van der Waals surface area contributed by atoms with Crippen molar-refractivity contribution in [3.05, 3.63) is 30.3 Å². The molecule has 1 aromatic rings. The van der Waals surface area contributed by atoms with Gasteiger partial charge in [0.2, 0.25) is 5.91 Å². The van der Waals surface area contributed by atoms with Crippen LogP contribution in [0.15, 0.2) is 30.3 Å². The second kappa shape index (κ2) is 6.68. The van der Waals surface area contributed by atoms with Crippen LogP contribution >= 0.6 is 0 Å². The molecule has 1 aromatic carbocycles. The summed E-state index contributed by atoms with van der Waals surface area (Å²) in [5.41, 5.74) is 0.820. The van der Waals surface area contributed by atoms with Crippen LogP contribution in [-0.4, -0.2) is 27.8 Å². The number of nitrogens with zero attached hydrogens (tertiary/aromatic N) is 1. The molecule has 0 unspecified atom stereocenters. The third-order valence-corrected chi connectivity index (χ3v) is 5.59. The Kier molecular flexibility index (Phi) is 5.52. The van der Waals surface area contributed by atoms with Crippen molar-refractivity contribution in [1.82, 2.24) is 0 Å². The van der Waals surface area contributed by atoms with E-state index in [1.165, 1.54) is 6.92 Å². The summed E-state index contributed by atoms with van der Waals surface area (Å²) in [6.07, 6.45) is 0. The molecule has 0 aliphatic carbocycles. The van der Waals surface area contributed by atoms with Gasteiger partial charge in [0, 0.05) is 32.4 Å². The Morgan fingerprint density at radius 3 is 2.06 bits per heavy atom. The molecule has 0 heterocycles. The highest BCUT2D eigenvalue weighted by molar-refractivity contribution is 6.74. The average Bonchev–Trinajstić information content (AvgIpc) is 2.30. The molecule has 0 spiro atoms. The Labute approximate surface area is 110 Å². The number of para-hydroxylation sites is 1. The Balaban J connectivity index is 3.13. The van der Waals surface area contributed by atoms with Crippen LogP contribution in [0.25, 0.3) is 0 Å². The van der Waals surface area contributed by atoms with Crippen LogP contribution in [0.5, 0.6) is 0 Å². The van der Waals surface area contributed by atoms with Crippen molar-refractivity contribution in [2.45, 2.75) is 27.3 Å². The number of carbonyl (C=O) groups excluding carboxylic acids is 1. The lowest BCUT2D eigenvalue weighted by Crippen LogP contribution is -2.58. The summed E-state index contributed by atoms with van der Waals surface area (Å²) in [7, 11) is -2.70. The van der Waals surface area contributed by atoms with Crippen molar-refractivity contribution in [2.75, 3.05) is 17.8 Å². The van der Waals surface area contributed by atoms with Crippen molar-refractivity contribution < 1.29 is 13.6 Å². The molecule has 0 saturated carbocycles. The van der Waals surface area contributed by atoms with E-state index in [-0.39, 0.29) is 5.91 Å². The summed E-state index contributed by atoms with van der Waals surface area (Å²) in [6, 6.07) is 9.51. The van der Waals surface area contributed by atoms with Crippen LogP contribution in [0.1, 0.15) is 20.8 Å². The summed E-state index contributed by atoms with van der Waals surface area (Å²) in [4.78, 5) is 11.9. The Bertz CT molecular complexity index is 377. The number of benzene rings is 1. The fourth-order valence-corrected chi connectivity index (χ4v) is 4.59. The number of anilines is 1. The normalized spacial score (nSPS) is 11.3. The van der Waals surface area contributed by atoms with E-state index in [0.29, 0.717) is 13.2 Å². The summed E-state index contributed by atoms with van der Waals surface area (Å²) in [6.45, 7) is 8.31. The lowest BCUT2D eigenvalue weighted by molar-refractivity contribution is -0.116. The van der Waals surface area contributed by atoms with Gasteiger partial charge in [0.15, 0.2) is 0 Å². The maximum Gasteiger partial charge on any atom is 0.463 e. The number of carbonyl (C=O) groups is 1. The first-order valence-electron chi connectivity index (χ1n) is 6.19. The average molecular weight is 267 g/mol. The van der Waals surface area contributed by atoms with Crippen LogP contribution in [-0.2, 0) is 13.6 Å². The molecule has 4 nitrogen and oxygen atoms in total. The molecule has 0 aliphatic rings. The second-order valence-electron chi connectivity index (χ2n) is 3.95. The quantitative estimate of drug-likeness (QED) is 0.744. The standard InChI is InChI=1S/C13H21NO3Si/c1-5-16-18(4,17-6-2)14(12(3)15)13-10-8-7-9-11-13/h7-11H,5-6H2,1-4H3. The van der Waals surface area contributed by atoms with E-state index in [4.69, 9.17) is 8.85 Å². The van der Waals surface area contributed by atoms with E-state index in [1.54, 1.807) is 4.57 Å². The smallest absolute Gasteiger partial charge is 0.379 e. The van der Waals surface area contributed by atoms with Gasteiger partial charge in [0.25, 0.3) is 0 Å². The third-order valence-electron chi connectivity index (χ3n) is 2.56. The summed E-state index contributed by atoms with van der Waals surface area (Å²) in [5, 5.41) is 0. The van der Waals surface area contributed by atoms with Crippen molar-refractivity contribution in [3.8, 4) is 0 Å². The number of amides is 1. The Morgan fingerprint density at radius 2 is 1.67 bits per heavy atom. The van der Waals surface area contributed by atoms with E-state index in [1.807, 2.05) is 50.7 Å². The molecular weight excluding hydrogens is 246 g/mol. The van der Waals surface area contributed by atoms with E-state index >= 15 is 0 Å². The molecule has 100 valence electrons. The van der Waals surface area contributed by atoms with Gasteiger partial charge < -0.3 is 8.85 Å². The van der Waals surface area contributed by atoms with Crippen molar-refractivity contribution >= 4 is 20.3 Å². The molecule has 0 N–H and O–H groups in total. The molecule has 1 amide bonds. The van der Waals surface area contributed by atoms with Gasteiger partial charge in [-0.2, -0.15) is 0 Å². The predicted molar refractivity (Wildman–Crippen MR) is 74.5 cm³/mol. The summed E-state index contributed by atoms with van der Waals surface area (Å²) < 4.78 is 13.2. The molecule has 1 rings (SSSR count). The van der Waals surface area contributed by atoms with Crippen molar-refractivity contribution in [1.29, 1.82) is 0 Å². The van der Waals surface area contributed by atoms with Gasteiger partial charge in [-0.3, -0.25) is 9.36 Å². The third kappa shape index (κ3) is 3.41. The van der Waals surface area contributed by atoms with Crippen LogP contribution < -0.4 is 4.57 Å². The van der Waals surface area contributed by atoms with E-state index < -0.39 is 8.72 Å². The molecule has 0 fully saturated rings.